The normalized spacial score (nSPS) is 22.7. The van der Waals surface area contributed by atoms with Gasteiger partial charge >= 0.3 is 0 Å². The number of H-pyrrole nitrogens is 1. The van der Waals surface area contributed by atoms with E-state index in [1.54, 1.807) is 0 Å². The molecule has 6 rings (SSSR count). The number of fused-ring (bicyclic) bond motifs is 3. The first kappa shape index (κ1) is 16.9. The molecule has 2 unspecified atom stereocenters. The van der Waals surface area contributed by atoms with Crippen LogP contribution < -0.4 is 15.5 Å². The van der Waals surface area contributed by atoms with Crippen LogP contribution in [0.15, 0.2) is 36.7 Å². The number of rotatable bonds is 4. The molecule has 2 fully saturated rings. The maximum Gasteiger partial charge on any atom is 0.228 e. The van der Waals surface area contributed by atoms with Crippen LogP contribution in [0.5, 0.6) is 0 Å². The summed E-state index contributed by atoms with van der Waals surface area (Å²) in [4.78, 5) is 12.3. The van der Waals surface area contributed by atoms with Crippen LogP contribution in [-0.4, -0.2) is 45.3 Å². The summed E-state index contributed by atoms with van der Waals surface area (Å²) in [6, 6.07) is 9.28. The first-order valence-corrected chi connectivity index (χ1v) is 10.2. The fourth-order valence-corrected chi connectivity index (χ4v) is 4.65. The summed E-state index contributed by atoms with van der Waals surface area (Å²) in [5, 5.41) is 13.9. The van der Waals surface area contributed by atoms with Crippen LogP contribution in [0.2, 0.25) is 0 Å². The van der Waals surface area contributed by atoms with Crippen LogP contribution in [-0.2, 0) is 18.0 Å². The smallest absolute Gasteiger partial charge is 0.228 e. The zero-order chi connectivity index (χ0) is 19.2. The summed E-state index contributed by atoms with van der Waals surface area (Å²) < 4.78 is 5.69. The number of aromatic nitrogens is 4. The van der Waals surface area contributed by atoms with Crippen molar-refractivity contribution in [3.63, 3.8) is 0 Å². The van der Waals surface area contributed by atoms with Crippen molar-refractivity contribution in [3.05, 3.63) is 47.9 Å². The van der Waals surface area contributed by atoms with E-state index in [0.717, 1.165) is 52.9 Å². The number of hydrogen-bond acceptors (Lipinski definition) is 7. The Morgan fingerprint density at radius 3 is 2.59 bits per heavy atom. The van der Waals surface area contributed by atoms with Gasteiger partial charge < -0.3 is 20.3 Å². The third-order valence-corrected chi connectivity index (χ3v) is 6.16. The zero-order valence-electron chi connectivity index (χ0n) is 16.1. The van der Waals surface area contributed by atoms with Crippen LogP contribution >= 0.6 is 0 Å². The number of hydrogen-bond donors (Lipinski definition) is 3. The van der Waals surface area contributed by atoms with Crippen LogP contribution in [0.25, 0.3) is 11.1 Å². The van der Waals surface area contributed by atoms with E-state index in [1.165, 1.54) is 12.8 Å². The van der Waals surface area contributed by atoms with Crippen molar-refractivity contribution in [2.45, 2.75) is 38.1 Å². The van der Waals surface area contributed by atoms with Gasteiger partial charge in [0.25, 0.3) is 0 Å². The molecule has 1 aromatic carbocycles. The fraction of sp³-hybridized carbons (Fsp3) is 0.381. The number of piperazine rings is 1. The minimum Gasteiger partial charge on any atom is -0.370 e. The number of nitrogens with zero attached hydrogens (tertiary/aromatic N) is 4. The summed E-state index contributed by atoms with van der Waals surface area (Å²) in [6.45, 7) is 3.12. The summed E-state index contributed by atoms with van der Waals surface area (Å²) in [6.07, 6.45) is 6.12. The highest BCUT2D eigenvalue weighted by molar-refractivity contribution is 5.68. The molecule has 8 nitrogen and oxygen atoms in total. The Labute approximate surface area is 168 Å². The Bertz CT molecular complexity index is 1000. The fourth-order valence-electron chi connectivity index (χ4n) is 4.65. The van der Waals surface area contributed by atoms with E-state index in [9.17, 15) is 0 Å². The Balaban J connectivity index is 1.32. The van der Waals surface area contributed by atoms with Crippen LogP contribution in [0, 0.1) is 0 Å². The Hall–Kier alpha value is -2.97. The molecule has 148 valence electrons. The molecule has 2 atom stereocenters. The molecule has 2 aromatic heterocycles. The predicted molar refractivity (Wildman–Crippen MR) is 110 cm³/mol. The van der Waals surface area contributed by atoms with Crippen molar-refractivity contribution in [2.24, 2.45) is 0 Å². The van der Waals surface area contributed by atoms with Crippen molar-refractivity contribution >= 4 is 17.5 Å². The molecule has 3 aliphatic heterocycles. The van der Waals surface area contributed by atoms with E-state index >= 15 is 0 Å². The molecule has 3 N–H and O–H groups in total. The van der Waals surface area contributed by atoms with Gasteiger partial charge in [-0.1, -0.05) is 12.1 Å². The summed E-state index contributed by atoms with van der Waals surface area (Å²) in [7, 11) is 0. The molecule has 3 aliphatic rings. The van der Waals surface area contributed by atoms with Gasteiger partial charge in [0.1, 0.15) is 5.82 Å². The van der Waals surface area contributed by atoms with Gasteiger partial charge in [-0.3, -0.25) is 5.10 Å². The second-order valence-electron chi connectivity index (χ2n) is 7.93. The summed E-state index contributed by atoms with van der Waals surface area (Å²) in [5.74, 6) is 1.69. The highest BCUT2D eigenvalue weighted by Gasteiger charge is 2.39. The SMILES string of the molecule is c1cc(-c2cn[nH]c2)ccc1Nc1nc(N2C3CCC2CNC3)nc2c1COC2. The van der Waals surface area contributed by atoms with Crippen molar-refractivity contribution < 1.29 is 4.74 Å². The molecule has 0 amide bonds. The van der Waals surface area contributed by atoms with E-state index in [4.69, 9.17) is 14.7 Å². The van der Waals surface area contributed by atoms with Gasteiger partial charge in [-0.05, 0) is 30.5 Å². The topological polar surface area (TPSA) is 91.0 Å². The van der Waals surface area contributed by atoms with Crippen molar-refractivity contribution in [3.8, 4) is 11.1 Å². The van der Waals surface area contributed by atoms with E-state index in [0.29, 0.717) is 25.3 Å². The van der Waals surface area contributed by atoms with Gasteiger partial charge in [0.05, 0.1) is 25.1 Å². The van der Waals surface area contributed by atoms with Gasteiger partial charge in [0.2, 0.25) is 5.95 Å². The maximum atomic E-state index is 5.69. The molecule has 2 bridgehead atoms. The van der Waals surface area contributed by atoms with Gasteiger partial charge in [-0.15, -0.1) is 0 Å². The predicted octanol–water partition coefficient (Wildman–Crippen LogP) is 2.58. The lowest BCUT2D eigenvalue weighted by atomic mass is 10.1. The lowest BCUT2D eigenvalue weighted by Gasteiger charge is -2.35. The van der Waals surface area contributed by atoms with E-state index in [-0.39, 0.29) is 0 Å². The zero-order valence-corrected chi connectivity index (χ0v) is 16.1. The third kappa shape index (κ3) is 2.95. The molecule has 0 radical (unpaired) electrons. The van der Waals surface area contributed by atoms with Crippen LogP contribution in [0.3, 0.4) is 0 Å². The van der Waals surface area contributed by atoms with Gasteiger partial charge in [-0.2, -0.15) is 10.1 Å². The maximum absolute atomic E-state index is 5.69. The Morgan fingerprint density at radius 2 is 1.83 bits per heavy atom. The van der Waals surface area contributed by atoms with E-state index in [1.807, 2.05) is 12.4 Å². The van der Waals surface area contributed by atoms with Crippen LogP contribution in [0.4, 0.5) is 17.5 Å². The number of aromatic amines is 1. The molecule has 0 saturated carbocycles. The first-order chi connectivity index (χ1) is 14.3. The van der Waals surface area contributed by atoms with Gasteiger partial charge in [0, 0.05) is 48.2 Å². The molecule has 0 spiro atoms. The number of benzene rings is 1. The molecule has 3 aromatic rings. The second-order valence-corrected chi connectivity index (χ2v) is 7.93. The molecular formula is C21H23N7O. The number of anilines is 3. The standard InChI is InChI=1S/C21H23N7O/c1-3-15(4-2-13(1)14-7-23-24-8-14)25-20-18-11-29-12-19(18)26-21(27-20)28-16-5-6-17(28)10-22-9-16/h1-4,7-8,16-17,22H,5-6,9-12H2,(H,23,24)(H,25,26,27). The molecular weight excluding hydrogens is 366 g/mol. The van der Waals surface area contributed by atoms with Crippen molar-refractivity contribution in [1.29, 1.82) is 0 Å². The average Bonchev–Trinajstić information content (AvgIpc) is 3.48. The van der Waals surface area contributed by atoms with Gasteiger partial charge in [0.15, 0.2) is 0 Å². The third-order valence-electron chi connectivity index (χ3n) is 6.16. The average molecular weight is 389 g/mol. The molecule has 0 aliphatic carbocycles. The highest BCUT2D eigenvalue weighted by atomic mass is 16.5. The monoisotopic (exact) mass is 389 g/mol. The quantitative estimate of drug-likeness (QED) is 0.632. The lowest BCUT2D eigenvalue weighted by molar-refractivity contribution is 0.133. The molecule has 5 heterocycles. The van der Waals surface area contributed by atoms with Crippen molar-refractivity contribution in [2.75, 3.05) is 23.3 Å². The van der Waals surface area contributed by atoms with Gasteiger partial charge in [-0.25, -0.2) is 4.98 Å². The largest absolute Gasteiger partial charge is 0.370 e. The van der Waals surface area contributed by atoms with Crippen LogP contribution in [0.1, 0.15) is 24.1 Å². The Morgan fingerprint density at radius 1 is 1.00 bits per heavy atom. The molecule has 29 heavy (non-hydrogen) atoms. The number of ether oxygens (including phenoxy) is 1. The molecule has 2 saturated heterocycles. The number of nitrogens with one attached hydrogen (secondary N) is 3. The highest BCUT2D eigenvalue weighted by Crippen LogP contribution is 2.35. The van der Waals surface area contributed by atoms with Crippen molar-refractivity contribution in [1.82, 2.24) is 25.5 Å². The minimum atomic E-state index is 0.483. The Kier molecular flexibility index (Phi) is 3.98. The lowest BCUT2D eigenvalue weighted by Crippen LogP contribution is -2.52. The second kappa shape index (κ2) is 6.82. The minimum absolute atomic E-state index is 0.483. The van der Waals surface area contributed by atoms with E-state index in [2.05, 4.69) is 50.0 Å². The molecule has 8 heteroatoms. The van der Waals surface area contributed by atoms with E-state index < -0.39 is 0 Å². The first-order valence-electron chi connectivity index (χ1n) is 10.2. The summed E-state index contributed by atoms with van der Waals surface area (Å²) >= 11 is 0. The summed E-state index contributed by atoms with van der Waals surface area (Å²) in [5.41, 5.74) is 5.27.